The molecule has 0 unspecified atom stereocenters. The number of hydrogen-bond donors (Lipinski definition) is 1. The fraction of sp³-hybridized carbons (Fsp3) is 0.273. The molecule has 3 rings (SSSR count). The second kappa shape index (κ2) is 4.83. The highest BCUT2D eigenvalue weighted by Crippen LogP contribution is 2.27. The van der Waals surface area contributed by atoms with E-state index in [-0.39, 0.29) is 29.4 Å². The number of aromatic nitrogens is 5. The first-order valence-corrected chi connectivity index (χ1v) is 5.69. The summed E-state index contributed by atoms with van der Waals surface area (Å²) in [6, 6.07) is 0. The average molecular weight is 281 g/mol. The molecule has 0 atom stereocenters. The van der Waals surface area contributed by atoms with Crippen LogP contribution in [0.1, 0.15) is 29.7 Å². The zero-order valence-corrected chi connectivity index (χ0v) is 10.3. The van der Waals surface area contributed by atoms with Crippen LogP contribution in [0, 0.1) is 6.92 Å². The number of nitrogens with one attached hydrogen (secondary N) is 1. The minimum atomic E-state index is -2.69. The quantitative estimate of drug-likeness (QED) is 0.788. The number of aromatic amines is 1. The lowest BCUT2D eigenvalue weighted by Crippen LogP contribution is -1.90. The van der Waals surface area contributed by atoms with E-state index in [1.54, 1.807) is 13.1 Å². The lowest BCUT2D eigenvalue weighted by Gasteiger charge is -1.95. The topological polar surface area (TPSA) is 93.6 Å². The fourth-order valence-corrected chi connectivity index (χ4v) is 1.71. The molecule has 0 bridgehead atoms. The normalized spacial score (nSPS) is 11.4. The maximum atomic E-state index is 12.7. The molecule has 0 spiro atoms. The number of rotatable bonds is 4. The van der Waals surface area contributed by atoms with E-state index in [2.05, 4.69) is 25.3 Å². The maximum Gasteiger partial charge on any atom is 0.280 e. The summed E-state index contributed by atoms with van der Waals surface area (Å²) >= 11 is 0. The molecule has 0 saturated carbocycles. The van der Waals surface area contributed by atoms with Crippen LogP contribution in [0.25, 0.3) is 11.4 Å². The van der Waals surface area contributed by atoms with Gasteiger partial charge in [-0.3, -0.25) is 5.10 Å². The van der Waals surface area contributed by atoms with Gasteiger partial charge < -0.3 is 8.94 Å². The highest BCUT2D eigenvalue weighted by atomic mass is 19.3. The standard InChI is InChI=1S/C11H9F2N5O2/c1-5-14-3-6(19-5)2-8-16-11(18-20-8)7-4-15-17-9(7)10(12)13/h3-4,10H,2H2,1H3,(H,15,17). The van der Waals surface area contributed by atoms with Crippen LogP contribution in [0.15, 0.2) is 21.3 Å². The molecule has 3 aromatic heterocycles. The number of H-pyrrole nitrogens is 1. The van der Waals surface area contributed by atoms with E-state index < -0.39 is 6.43 Å². The molecule has 0 aliphatic rings. The summed E-state index contributed by atoms with van der Waals surface area (Å²) < 4.78 is 35.7. The van der Waals surface area contributed by atoms with Crippen molar-refractivity contribution in [2.75, 3.05) is 0 Å². The van der Waals surface area contributed by atoms with E-state index in [1.807, 2.05) is 0 Å². The van der Waals surface area contributed by atoms with Crippen molar-refractivity contribution in [3.05, 3.63) is 35.6 Å². The van der Waals surface area contributed by atoms with Gasteiger partial charge in [-0.05, 0) is 0 Å². The predicted molar refractivity (Wildman–Crippen MR) is 60.9 cm³/mol. The Morgan fingerprint density at radius 1 is 1.35 bits per heavy atom. The summed E-state index contributed by atoms with van der Waals surface area (Å²) in [7, 11) is 0. The summed E-state index contributed by atoms with van der Waals surface area (Å²) in [4.78, 5) is 7.98. The molecule has 0 radical (unpaired) electrons. The Labute approximate surface area is 111 Å². The Kier molecular flexibility index (Phi) is 3.01. The summed E-state index contributed by atoms with van der Waals surface area (Å²) in [5.41, 5.74) is -0.225. The minimum Gasteiger partial charge on any atom is -0.446 e. The molecule has 0 aliphatic heterocycles. The Hall–Kier alpha value is -2.58. The van der Waals surface area contributed by atoms with Crippen LogP contribution in [-0.4, -0.2) is 25.3 Å². The monoisotopic (exact) mass is 281 g/mol. The van der Waals surface area contributed by atoms with E-state index in [0.29, 0.717) is 11.7 Å². The van der Waals surface area contributed by atoms with Crippen LogP contribution in [0.5, 0.6) is 0 Å². The molecule has 0 fully saturated rings. The lowest BCUT2D eigenvalue weighted by molar-refractivity contribution is 0.146. The summed E-state index contributed by atoms with van der Waals surface area (Å²) in [6.45, 7) is 1.71. The molecule has 0 aliphatic carbocycles. The molecule has 0 aromatic carbocycles. The molecule has 3 heterocycles. The van der Waals surface area contributed by atoms with Gasteiger partial charge >= 0.3 is 0 Å². The average Bonchev–Trinajstić information content (AvgIpc) is 3.09. The van der Waals surface area contributed by atoms with Crippen LogP contribution >= 0.6 is 0 Å². The van der Waals surface area contributed by atoms with Gasteiger partial charge in [0.15, 0.2) is 5.89 Å². The van der Waals surface area contributed by atoms with Gasteiger partial charge in [0, 0.05) is 6.92 Å². The Morgan fingerprint density at radius 3 is 2.90 bits per heavy atom. The number of oxazole rings is 1. The third-order valence-corrected chi connectivity index (χ3v) is 2.59. The van der Waals surface area contributed by atoms with Crippen molar-refractivity contribution in [1.29, 1.82) is 0 Å². The van der Waals surface area contributed by atoms with Crippen LogP contribution in [0.2, 0.25) is 0 Å². The van der Waals surface area contributed by atoms with Crippen molar-refractivity contribution >= 4 is 0 Å². The van der Waals surface area contributed by atoms with E-state index in [9.17, 15) is 8.78 Å². The first-order chi connectivity index (χ1) is 9.63. The SMILES string of the molecule is Cc1ncc(Cc2nc(-c3cn[nH]c3C(F)F)no2)o1. The molecule has 7 nitrogen and oxygen atoms in total. The summed E-state index contributed by atoms with van der Waals surface area (Å²) in [6.07, 6.45) is 0.331. The predicted octanol–water partition coefficient (Wildman–Crippen LogP) is 2.28. The molecule has 104 valence electrons. The van der Waals surface area contributed by atoms with Crippen molar-refractivity contribution in [1.82, 2.24) is 25.3 Å². The lowest BCUT2D eigenvalue weighted by atomic mass is 10.2. The molecule has 0 saturated heterocycles. The van der Waals surface area contributed by atoms with Crippen LogP contribution in [-0.2, 0) is 6.42 Å². The van der Waals surface area contributed by atoms with E-state index >= 15 is 0 Å². The Bertz CT molecular complexity index is 718. The Morgan fingerprint density at radius 2 is 2.20 bits per heavy atom. The summed E-state index contributed by atoms with van der Waals surface area (Å²) in [5.74, 6) is 1.38. The number of aryl methyl sites for hydroxylation is 1. The van der Waals surface area contributed by atoms with E-state index in [4.69, 9.17) is 8.94 Å². The van der Waals surface area contributed by atoms with Crippen LogP contribution < -0.4 is 0 Å². The zero-order chi connectivity index (χ0) is 14.1. The molecular weight excluding hydrogens is 272 g/mol. The van der Waals surface area contributed by atoms with E-state index in [1.165, 1.54) is 6.20 Å². The van der Waals surface area contributed by atoms with Gasteiger partial charge in [0.1, 0.15) is 11.5 Å². The van der Waals surface area contributed by atoms with Gasteiger partial charge in [0.25, 0.3) is 6.43 Å². The van der Waals surface area contributed by atoms with Gasteiger partial charge in [-0.15, -0.1) is 0 Å². The molecule has 0 amide bonds. The summed E-state index contributed by atoms with van der Waals surface area (Å²) in [5, 5.41) is 9.44. The molecule has 20 heavy (non-hydrogen) atoms. The smallest absolute Gasteiger partial charge is 0.280 e. The van der Waals surface area contributed by atoms with Gasteiger partial charge in [0.2, 0.25) is 11.7 Å². The molecule has 1 N–H and O–H groups in total. The molecular formula is C11H9F2N5O2. The first-order valence-electron chi connectivity index (χ1n) is 5.69. The van der Waals surface area contributed by atoms with Crippen LogP contribution in [0.3, 0.4) is 0 Å². The number of halogens is 2. The van der Waals surface area contributed by atoms with Crippen molar-refractivity contribution in [3.8, 4) is 11.4 Å². The minimum absolute atomic E-state index is 0.0558. The fourth-order valence-electron chi connectivity index (χ4n) is 1.71. The number of hydrogen-bond acceptors (Lipinski definition) is 6. The Balaban J connectivity index is 1.84. The maximum absolute atomic E-state index is 12.7. The van der Waals surface area contributed by atoms with Crippen molar-refractivity contribution in [3.63, 3.8) is 0 Å². The third-order valence-electron chi connectivity index (χ3n) is 2.59. The van der Waals surface area contributed by atoms with Gasteiger partial charge in [0.05, 0.1) is 24.4 Å². The highest BCUT2D eigenvalue weighted by molar-refractivity contribution is 5.56. The first kappa shape index (κ1) is 12.5. The largest absolute Gasteiger partial charge is 0.446 e. The van der Waals surface area contributed by atoms with Gasteiger partial charge in [-0.25, -0.2) is 13.8 Å². The second-order valence-electron chi connectivity index (χ2n) is 4.03. The van der Waals surface area contributed by atoms with Crippen molar-refractivity contribution < 1.29 is 17.7 Å². The second-order valence-corrected chi connectivity index (χ2v) is 4.03. The molecule has 3 aromatic rings. The number of alkyl halides is 2. The van der Waals surface area contributed by atoms with Crippen molar-refractivity contribution in [2.24, 2.45) is 0 Å². The van der Waals surface area contributed by atoms with Gasteiger partial charge in [-0.2, -0.15) is 10.1 Å². The van der Waals surface area contributed by atoms with Gasteiger partial charge in [-0.1, -0.05) is 5.16 Å². The van der Waals surface area contributed by atoms with Crippen molar-refractivity contribution in [2.45, 2.75) is 19.8 Å². The highest BCUT2D eigenvalue weighted by Gasteiger charge is 2.21. The zero-order valence-electron chi connectivity index (χ0n) is 10.3. The number of nitrogens with zero attached hydrogens (tertiary/aromatic N) is 4. The van der Waals surface area contributed by atoms with Crippen LogP contribution in [0.4, 0.5) is 8.78 Å². The third kappa shape index (κ3) is 2.29. The molecule has 9 heteroatoms. The van der Waals surface area contributed by atoms with E-state index in [0.717, 1.165) is 0 Å².